The second-order valence-corrected chi connectivity index (χ2v) is 8.02. The molecule has 0 N–H and O–H groups in total. The van der Waals surface area contributed by atoms with Crippen LogP contribution in [0.4, 0.5) is 0 Å². The molecule has 0 atom stereocenters. The third kappa shape index (κ3) is 2.59. The molecule has 0 aromatic heterocycles. The Balaban J connectivity index is 1.76. The summed E-state index contributed by atoms with van der Waals surface area (Å²) in [6.07, 6.45) is 8.05. The maximum Gasteiger partial charge on any atom is 0.188 e. The number of benzene rings is 1. The van der Waals surface area contributed by atoms with E-state index in [9.17, 15) is 4.79 Å². The summed E-state index contributed by atoms with van der Waals surface area (Å²) in [5.74, 6) is 3.67. The highest BCUT2D eigenvalue weighted by Gasteiger charge is 2.52. The van der Waals surface area contributed by atoms with Gasteiger partial charge in [0.2, 0.25) is 0 Å². The molecule has 0 heterocycles. The highest BCUT2D eigenvalue weighted by atomic mass is 16.7. The Kier molecular flexibility index (Phi) is 3.72. The van der Waals surface area contributed by atoms with E-state index in [1.807, 2.05) is 12.1 Å². The lowest BCUT2D eigenvalue weighted by Gasteiger charge is -2.57. The molecule has 124 valence electrons. The molecule has 1 aromatic carbocycles. The smallest absolute Gasteiger partial charge is 0.188 e. The predicted octanol–water partition coefficient (Wildman–Crippen LogP) is 4.34. The van der Waals surface area contributed by atoms with Crippen LogP contribution in [0.5, 0.6) is 5.75 Å². The Hall–Kier alpha value is -1.35. The van der Waals surface area contributed by atoms with Crippen LogP contribution in [0, 0.1) is 17.8 Å². The zero-order chi connectivity index (χ0) is 16.0. The van der Waals surface area contributed by atoms with E-state index in [4.69, 9.17) is 9.47 Å². The van der Waals surface area contributed by atoms with E-state index in [0.717, 1.165) is 29.1 Å². The zero-order valence-corrected chi connectivity index (χ0v) is 14.1. The van der Waals surface area contributed by atoms with Crippen LogP contribution in [0.25, 0.3) is 0 Å². The summed E-state index contributed by atoms with van der Waals surface area (Å²) in [6, 6.07) is 5.97. The van der Waals surface area contributed by atoms with Gasteiger partial charge < -0.3 is 9.47 Å². The molecule has 4 bridgehead atoms. The lowest BCUT2D eigenvalue weighted by Crippen LogP contribution is -2.48. The molecule has 3 nitrogen and oxygen atoms in total. The highest BCUT2D eigenvalue weighted by Crippen LogP contribution is 2.61. The minimum absolute atomic E-state index is 0.134. The first-order valence-electron chi connectivity index (χ1n) is 8.87. The molecule has 0 spiro atoms. The molecule has 0 amide bonds. The Bertz CT molecular complexity index is 584. The average molecular weight is 314 g/mol. The van der Waals surface area contributed by atoms with E-state index in [-0.39, 0.29) is 18.0 Å². The van der Waals surface area contributed by atoms with E-state index in [0.29, 0.717) is 0 Å². The van der Waals surface area contributed by atoms with Crippen molar-refractivity contribution in [3.8, 4) is 5.75 Å². The van der Waals surface area contributed by atoms with E-state index in [1.54, 1.807) is 14.0 Å². The first kappa shape index (κ1) is 15.2. The summed E-state index contributed by atoms with van der Waals surface area (Å²) in [7, 11) is 1.65. The summed E-state index contributed by atoms with van der Waals surface area (Å²) in [4.78, 5) is 11.9. The summed E-state index contributed by atoms with van der Waals surface area (Å²) in [5.41, 5.74) is 2.30. The Morgan fingerprint density at radius 2 is 1.74 bits per heavy atom. The van der Waals surface area contributed by atoms with E-state index in [2.05, 4.69) is 6.07 Å². The lowest BCUT2D eigenvalue weighted by atomic mass is 9.48. The van der Waals surface area contributed by atoms with Gasteiger partial charge in [-0.05, 0) is 86.8 Å². The second kappa shape index (κ2) is 5.62. The third-order valence-corrected chi connectivity index (χ3v) is 6.33. The highest BCUT2D eigenvalue weighted by molar-refractivity contribution is 5.94. The minimum atomic E-state index is 0.134. The molecule has 4 aliphatic carbocycles. The number of hydrogen-bond acceptors (Lipinski definition) is 3. The predicted molar refractivity (Wildman–Crippen MR) is 88.8 cm³/mol. The Morgan fingerprint density at radius 3 is 2.26 bits per heavy atom. The number of methoxy groups -OCH3 is 1. The second-order valence-electron chi connectivity index (χ2n) is 8.02. The SMILES string of the molecule is COCOc1ccc(C(C)=O)cc1C12CC3CC(CC(C3)C1)C2. The van der Waals surface area contributed by atoms with Crippen LogP contribution in [0.15, 0.2) is 18.2 Å². The first-order chi connectivity index (χ1) is 11.1. The van der Waals surface area contributed by atoms with Crippen molar-refractivity contribution < 1.29 is 14.3 Å². The minimum Gasteiger partial charge on any atom is -0.467 e. The number of ketones is 1. The van der Waals surface area contributed by atoms with Crippen LogP contribution < -0.4 is 4.74 Å². The molecular weight excluding hydrogens is 288 g/mol. The van der Waals surface area contributed by atoms with Gasteiger partial charge in [-0.15, -0.1) is 0 Å². The van der Waals surface area contributed by atoms with E-state index < -0.39 is 0 Å². The fraction of sp³-hybridized carbons (Fsp3) is 0.650. The van der Waals surface area contributed by atoms with Crippen LogP contribution in [0.3, 0.4) is 0 Å². The number of hydrogen-bond donors (Lipinski definition) is 0. The van der Waals surface area contributed by atoms with Crippen molar-refractivity contribution in [1.29, 1.82) is 0 Å². The van der Waals surface area contributed by atoms with Gasteiger partial charge in [-0.3, -0.25) is 4.79 Å². The van der Waals surface area contributed by atoms with Crippen molar-refractivity contribution in [3.05, 3.63) is 29.3 Å². The number of carbonyl (C=O) groups is 1. The third-order valence-electron chi connectivity index (χ3n) is 6.33. The molecule has 4 aliphatic rings. The fourth-order valence-corrected chi connectivity index (χ4v) is 5.85. The van der Waals surface area contributed by atoms with Gasteiger partial charge in [0.1, 0.15) is 5.75 Å². The summed E-state index contributed by atoms with van der Waals surface area (Å²) < 4.78 is 11.0. The summed E-state index contributed by atoms with van der Waals surface area (Å²) in [5, 5.41) is 0. The summed E-state index contributed by atoms with van der Waals surface area (Å²) >= 11 is 0. The molecule has 0 aliphatic heterocycles. The molecule has 4 fully saturated rings. The molecule has 5 rings (SSSR count). The van der Waals surface area contributed by atoms with Crippen molar-refractivity contribution in [2.75, 3.05) is 13.9 Å². The fourth-order valence-electron chi connectivity index (χ4n) is 5.85. The van der Waals surface area contributed by atoms with Crippen molar-refractivity contribution in [2.24, 2.45) is 17.8 Å². The molecule has 23 heavy (non-hydrogen) atoms. The number of carbonyl (C=O) groups excluding carboxylic acids is 1. The quantitative estimate of drug-likeness (QED) is 0.599. The number of rotatable bonds is 5. The largest absolute Gasteiger partial charge is 0.467 e. The van der Waals surface area contributed by atoms with Gasteiger partial charge in [0.05, 0.1) is 0 Å². The maximum absolute atomic E-state index is 11.9. The molecule has 0 unspecified atom stereocenters. The van der Waals surface area contributed by atoms with Crippen molar-refractivity contribution in [1.82, 2.24) is 0 Å². The molecule has 4 saturated carbocycles. The molecular formula is C20H26O3. The van der Waals surface area contributed by atoms with Crippen LogP contribution in [-0.4, -0.2) is 19.7 Å². The standard InChI is InChI=1S/C20H26O3/c1-13(21)17-3-4-19(23-12-22-2)18(8-17)20-9-14-5-15(10-20)7-16(6-14)11-20/h3-4,8,14-16H,5-7,9-12H2,1-2H3. The van der Waals surface area contributed by atoms with Crippen molar-refractivity contribution >= 4 is 5.78 Å². The van der Waals surface area contributed by atoms with Gasteiger partial charge in [0, 0.05) is 18.2 Å². The van der Waals surface area contributed by atoms with Gasteiger partial charge in [-0.2, -0.15) is 0 Å². The van der Waals surface area contributed by atoms with E-state index in [1.165, 1.54) is 44.1 Å². The lowest BCUT2D eigenvalue weighted by molar-refractivity contribution is -0.00884. The first-order valence-corrected chi connectivity index (χ1v) is 8.87. The zero-order valence-electron chi connectivity index (χ0n) is 14.1. The molecule has 1 aromatic rings. The maximum atomic E-state index is 11.9. The Morgan fingerprint density at radius 1 is 1.13 bits per heavy atom. The van der Waals surface area contributed by atoms with Crippen LogP contribution in [0.2, 0.25) is 0 Å². The van der Waals surface area contributed by atoms with Crippen LogP contribution >= 0.6 is 0 Å². The molecule has 3 heteroatoms. The normalized spacial score (nSPS) is 34.6. The summed E-state index contributed by atoms with van der Waals surface area (Å²) in [6.45, 7) is 1.91. The van der Waals surface area contributed by atoms with Crippen LogP contribution in [0.1, 0.15) is 61.4 Å². The average Bonchev–Trinajstić information content (AvgIpc) is 2.51. The number of Topliss-reactive ketones (excluding diaryl/α,β-unsaturated/α-hetero) is 1. The van der Waals surface area contributed by atoms with Crippen LogP contribution in [-0.2, 0) is 10.2 Å². The van der Waals surface area contributed by atoms with Gasteiger partial charge in [0.15, 0.2) is 12.6 Å². The van der Waals surface area contributed by atoms with E-state index >= 15 is 0 Å². The monoisotopic (exact) mass is 314 g/mol. The molecule has 0 saturated heterocycles. The van der Waals surface area contributed by atoms with Gasteiger partial charge >= 0.3 is 0 Å². The topological polar surface area (TPSA) is 35.5 Å². The molecule has 0 radical (unpaired) electrons. The van der Waals surface area contributed by atoms with Gasteiger partial charge in [-0.1, -0.05) is 0 Å². The van der Waals surface area contributed by atoms with Gasteiger partial charge in [0.25, 0.3) is 0 Å². The Labute approximate surface area is 138 Å². The van der Waals surface area contributed by atoms with Gasteiger partial charge in [-0.25, -0.2) is 0 Å². The number of ether oxygens (including phenoxy) is 2. The van der Waals surface area contributed by atoms with Crippen molar-refractivity contribution in [2.45, 2.75) is 50.9 Å². The van der Waals surface area contributed by atoms with Crippen molar-refractivity contribution in [3.63, 3.8) is 0 Å².